The molecule has 0 radical (unpaired) electrons. The van der Waals surface area contributed by atoms with E-state index in [2.05, 4.69) is 5.10 Å². The lowest BCUT2D eigenvalue weighted by Gasteiger charge is -2.13. The van der Waals surface area contributed by atoms with E-state index in [1.54, 1.807) is 10.7 Å². The molecule has 1 aromatic heterocycles. The van der Waals surface area contributed by atoms with Crippen LogP contribution in [0.1, 0.15) is 30.9 Å². The summed E-state index contributed by atoms with van der Waals surface area (Å²) < 4.78 is 1.76. The highest BCUT2D eigenvalue weighted by atomic mass is 35.5. The molecule has 21 heavy (non-hydrogen) atoms. The lowest BCUT2D eigenvalue weighted by atomic mass is 9.93. The predicted molar refractivity (Wildman–Crippen MR) is 86.6 cm³/mol. The molecule has 2 unspecified atom stereocenters. The van der Waals surface area contributed by atoms with Gasteiger partial charge in [0.2, 0.25) is 0 Å². The lowest BCUT2D eigenvalue weighted by molar-refractivity contribution is 0.594. The third kappa shape index (κ3) is 2.14. The Morgan fingerprint density at radius 2 is 1.90 bits per heavy atom. The normalized spacial score (nSPS) is 26.9. The summed E-state index contributed by atoms with van der Waals surface area (Å²) in [5.41, 5.74) is 9.29. The summed E-state index contributed by atoms with van der Waals surface area (Å²) in [7, 11) is 1.89. The van der Waals surface area contributed by atoms with Crippen molar-refractivity contribution >= 4 is 29.0 Å². The maximum Gasteiger partial charge on any atom is 0.129 e. The zero-order valence-corrected chi connectivity index (χ0v) is 13.3. The SMILES string of the molecule is Cn1nc(C2CC3CC3C2)c(-c2ccc(Cl)cc2Cl)c1N. The molecule has 0 aliphatic heterocycles. The van der Waals surface area contributed by atoms with E-state index in [4.69, 9.17) is 28.9 Å². The van der Waals surface area contributed by atoms with Crippen molar-refractivity contribution in [2.75, 3.05) is 5.73 Å². The Bertz CT molecular complexity index is 713. The van der Waals surface area contributed by atoms with Gasteiger partial charge in [-0.25, -0.2) is 0 Å². The summed E-state index contributed by atoms with van der Waals surface area (Å²) in [4.78, 5) is 0. The van der Waals surface area contributed by atoms with Crippen LogP contribution in [0.2, 0.25) is 10.0 Å². The number of rotatable bonds is 2. The molecule has 2 N–H and O–H groups in total. The van der Waals surface area contributed by atoms with E-state index in [0.717, 1.165) is 28.7 Å². The standard InChI is InChI=1S/C16H17Cl2N3/c1-21-16(19)14(12-3-2-11(17)7-13(12)18)15(20-21)10-5-8-4-9(8)6-10/h2-3,7-10H,4-6,19H2,1H3. The second-order valence-corrected chi connectivity index (χ2v) is 7.16. The second kappa shape index (κ2) is 4.65. The van der Waals surface area contributed by atoms with Gasteiger partial charge in [0.15, 0.2) is 0 Å². The van der Waals surface area contributed by atoms with Gasteiger partial charge in [-0.3, -0.25) is 4.68 Å². The smallest absolute Gasteiger partial charge is 0.129 e. The van der Waals surface area contributed by atoms with Gasteiger partial charge in [-0.2, -0.15) is 5.10 Å². The molecule has 1 heterocycles. The van der Waals surface area contributed by atoms with Crippen LogP contribution < -0.4 is 5.73 Å². The zero-order valence-electron chi connectivity index (χ0n) is 11.8. The van der Waals surface area contributed by atoms with Gasteiger partial charge in [0, 0.05) is 29.1 Å². The predicted octanol–water partition coefficient (Wildman–Crippen LogP) is 4.49. The van der Waals surface area contributed by atoms with Crippen molar-refractivity contribution < 1.29 is 0 Å². The number of hydrogen-bond donors (Lipinski definition) is 1. The van der Waals surface area contributed by atoms with Gasteiger partial charge in [0.25, 0.3) is 0 Å². The molecule has 3 nitrogen and oxygen atoms in total. The monoisotopic (exact) mass is 321 g/mol. The molecule has 4 rings (SSSR count). The summed E-state index contributed by atoms with van der Waals surface area (Å²) in [6.07, 6.45) is 3.87. The first kappa shape index (κ1) is 13.5. The number of nitrogens with zero attached hydrogens (tertiary/aromatic N) is 2. The number of nitrogens with two attached hydrogens (primary N) is 1. The van der Waals surface area contributed by atoms with Crippen LogP contribution in [0.3, 0.4) is 0 Å². The van der Waals surface area contributed by atoms with Crippen LogP contribution in [0.25, 0.3) is 11.1 Å². The van der Waals surface area contributed by atoms with Crippen LogP contribution in [0.4, 0.5) is 5.82 Å². The van der Waals surface area contributed by atoms with E-state index < -0.39 is 0 Å². The molecule has 2 atom stereocenters. The minimum atomic E-state index is 0.513. The van der Waals surface area contributed by atoms with E-state index in [1.165, 1.54) is 19.3 Å². The number of nitrogen functional groups attached to an aromatic ring is 1. The first-order valence-corrected chi connectivity index (χ1v) is 8.08. The fraction of sp³-hybridized carbons (Fsp3) is 0.438. The van der Waals surface area contributed by atoms with Crippen LogP contribution in [-0.4, -0.2) is 9.78 Å². The Balaban J connectivity index is 1.83. The van der Waals surface area contributed by atoms with Gasteiger partial charge in [0.1, 0.15) is 5.82 Å². The topological polar surface area (TPSA) is 43.8 Å². The molecule has 0 spiro atoms. The van der Waals surface area contributed by atoms with Crippen molar-refractivity contribution in [1.29, 1.82) is 0 Å². The molecule has 110 valence electrons. The van der Waals surface area contributed by atoms with Gasteiger partial charge in [0.05, 0.1) is 10.7 Å². The second-order valence-electron chi connectivity index (χ2n) is 6.32. The first-order valence-electron chi connectivity index (χ1n) is 7.32. The molecule has 5 heteroatoms. The van der Waals surface area contributed by atoms with Crippen molar-refractivity contribution in [3.63, 3.8) is 0 Å². The summed E-state index contributed by atoms with van der Waals surface area (Å²) in [5, 5.41) is 5.95. The Hall–Kier alpha value is -1.19. The highest BCUT2D eigenvalue weighted by molar-refractivity contribution is 6.36. The van der Waals surface area contributed by atoms with E-state index in [1.807, 2.05) is 19.2 Å². The van der Waals surface area contributed by atoms with Crippen molar-refractivity contribution in [2.45, 2.75) is 25.2 Å². The Morgan fingerprint density at radius 3 is 2.57 bits per heavy atom. The largest absolute Gasteiger partial charge is 0.383 e. The number of aromatic nitrogens is 2. The molecule has 2 aliphatic rings. The minimum Gasteiger partial charge on any atom is -0.383 e. The van der Waals surface area contributed by atoms with Crippen molar-refractivity contribution in [1.82, 2.24) is 9.78 Å². The average molecular weight is 322 g/mol. The molecule has 1 aromatic carbocycles. The van der Waals surface area contributed by atoms with Crippen LogP contribution in [0.15, 0.2) is 18.2 Å². The van der Waals surface area contributed by atoms with Crippen LogP contribution in [-0.2, 0) is 7.05 Å². The van der Waals surface area contributed by atoms with Gasteiger partial charge < -0.3 is 5.73 Å². The molecular formula is C16H17Cl2N3. The Kier molecular flexibility index (Phi) is 2.98. The molecule has 2 fully saturated rings. The average Bonchev–Trinajstić information content (AvgIpc) is 2.93. The summed E-state index contributed by atoms with van der Waals surface area (Å²) in [6.45, 7) is 0. The number of fused-ring (bicyclic) bond motifs is 1. The van der Waals surface area contributed by atoms with Crippen LogP contribution >= 0.6 is 23.2 Å². The van der Waals surface area contributed by atoms with E-state index in [9.17, 15) is 0 Å². The Morgan fingerprint density at radius 1 is 1.19 bits per heavy atom. The van der Waals surface area contributed by atoms with Crippen molar-refractivity contribution in [3.8, 4) is 11.1 Å². The van der Waals surface area contributed by atoms with Gasteiger partial charge in [-0.05, 0) is 43.2 Å². The molecule has 0 bridgehead atoms. The number of benzene rings is 1. The highest BCUT2D eigenvalue weighted by Crippen LogP contribution is 2.58. The van der Waals surface area contributed by atoms with E-state index in [-0.39, 0.29) is 0 Å². The molecular weight excluding hydrogens is 305 g/mol. The third-order valence-electron chi connectivity index (χ3n) is 4.95. The summed E-state index contributed by atoms with van der Waals surface area (Å²) in [5.74, 6) is 3.01. The van der Waals surface area contributed by atoms with Crippen molar-refractivity contribution in [2.24, 2.45) is 18.9 Å². The van der Waals surface area contributed by atoms with E-state index >= 15 is 0 Å². The van der Waals surface area contributed by atoms with Gasteiger partial charge >= 0.3 is 0 Å². The quantitative estimate of drug-likeness (QED) is 0.885. The van der Waals surface area contributed by atoms with Crippen molar-refractivity contribution in [3.05, 3.63) is 33.9 Å². The third-order valence-corrected chi connectivity index (χ3v) is 5.50. The molecule has 2 saturated carbocycles. The fourth-order valence-electron chi connectivity index (χ4n) is 3.75. The first-order chi connectivity index (χ1) is 10.0. The maximum absolute atomic E-state index is 6.38. The Labute approximate surface area is 134 Å². The minimum absolute atomic E-state index is 0.513. The van der Waals surface area contributed by atoms with Crippen LogP contribution in [0, 0.1) is 11.8 Å². The number of hydrogen-bond acceptors (Lipinski definition) is 2. The highest BCUT2D eigenvalue weighted by Gasteiger charge is 2.47. The summed E-state index contributed by atoms with van der Waals surface area (Å²) >= 11 is 12.4. The number of aryl methyl sites for hydroxylation is 1. The maximum atomic E-state index is 6.38. The van der Waals surface area contributed by atoms with Gasteiger partial charge in [-0.1, -0.05) is 29.3 Å². The summed E-state index contributed by atoms with van der Waals surface area (Å²) in [6, 6.07) is 5.56. The number of anilines is 1. The molecule has 0 amide bonds. The molecule has 2 aliphatic carbocycles. The van der Waals surface area contributed by atoms with E-state index in [0.29, 0.717) is 21.8 Å². The lowest BCUT2D eigenvalue weighted by Crippen LogP contribution is -2.00. The van der Waals surface area contributed by atoms with Gasteiger partial charge in [-0.15, -0.1) is 0 Å². The van der Waals surface area contributed by atoms with Crippen LogP contribution in [0.5, 0.6) is 0 Å². The fourth-order valence-corrected chi connectivity index (χ4v) is 4.25. The zero-order chi connectivity index (χ0) is 14.7. The molecule has 0 saturated heterocycles. The molecule has 2 aromatic rings. The number of halogens is 2.